The number of fused-ring (bicyclic) bond motifs is 1. The predicted octanol–water partition coefficient (Wildman–Crippen LogP) is 7.18. The molecule has 0 bridgehead atoms. The summed E-state index contributed by atoms with van der Waals surface area (Å²) < 4.78 is 22.6. The van der Waals surface area contributed by atoms with Gasteiger partial charge < -0.3 is 18.9 Å². The number of carbonyl (C=O) groups is 2. The van der Waals surface area contributed by atoms with Crippen molar-refractivity contribution < 1.29 is 28.5 Å². The van der Waals surface area contributed by atoms with Crippen LogP contribution >= 0.6 is 34.5 Å². The number of ether oxygens (including phenoxy) is 4. The van der Waals surface area contributed by atoms with Crippen molar-refractivity contribution in [3.63, 3.8) is 0 Å². The summed E-state index contributed by atoms with van der Waals surface area (Å²) in [5.74, 6) is 0.171. The van der Waals surface area contributed by atoms with E-state index in [2.05, 4.69) is 4.99 Å². The Balaban J connectivity index is 1.41. The lowest BCUT2D eigenvalue weighted by atomic mass is 10.1. The summed E-state index contributed by atoms with van der Waals surface area (Å²) >= 11 is 14.0. The zero-order valence-corrected chi connectivity index (χ0v) is 22.4. The summed E-state index contributed by atoms with van der Waals surface area (Å²) in [5.41, 5.74) is 1.05. The monoisotopic (exact) mass is 567 g/mol. The molecule has 5 rings (SSSR count). The normalized spacial score (nSPS) is 13.9. The van der Waals surface area contributed by atoms with Crippen LogP contribution in [0.4, 0.5) is 0 Å². The molecule has 2 heterocycles. The molecule has 4 aromatic rings. The van der Waals surface area contributed by atoms with Crippen molar-refractivity contribution in [1.29, 1.82) is 0 Å². The van der Waals surface area contributed by atoms with E-state index in [1.165, 1.54) is 11.3 Å². The second-order valence-electron chi connectivity index (χ2n) is 7.98. The van der Waals surface area contributed by atoms with Gasteiger partial charge in [0.1, 0.15) is 10.6 Å². The molecule has 3 aromatic carbocycles. The van der Waals surface area contributed by atoms with Gasteiger partial charge >= 0.3 is 11.9 Å². The molecule has 0 N–H and O–H groups in total. The minimum Gasteiger partial charge on any atom is -0.497 e. The molecule has 0 fully saturated rings. The third-order valence-electron chi connectivity index (χ3n) is 5.51. The van der Waals surface area contributed by atoms with Crippen molar-refractivity contribution in [3.05, 3.63) is 92.4 Å². The highest BCUT2D eigenvalue weighted by atomic mass is 35.5. The molecule has 0 aliphatic carbocycles. The molecule has 0 unspecified atom stereocenters. The van der Waals surface area contributed by atoms with Crippen molar-refractivity contribution in [2.75, 3.05) is 13.7 Å². The molecule has 0 amide bonds. The van der Waals surface area contributed by atoms with E-state index < -0.39 is 11.9 Å². The largest absolute Gasteiger partial charge is 0.497 e. The Morgan fingerprint density at radius 2 is 1.84 bits per heavy atom. The first-order chi connectivity index (χ1) is 18.4. The SMILES string of the molecule is CCOc1cc(/C=C2/N=C(c3sc4cc(Cl)ccc4c3Cl)OC2=O)ccc1OC(=O)c1ccc(OC)cc1. The number of methoxy groups -OCH3 is 1. The fourth-order valence-electron chi connectivity index (χ4n) is 3.69. The van der Waals surface area contributed by atoms with E-state index in [-0.39, 0.29) is 17.3 Å². The van der Waals surface area contributed by atoms with Crippen molar-refractivity contribution in [2.24, 2.45) is 4.99 Å². The van der Waals surface area contributed by atoms with E-state index in [0.717, 1.165) is 10.1 Å². The van der Waals surface area contributed by atoms with Gasteiger partial charge in [0.05, 0.1) is 24.3 Å². The van der Waals surface area contributed by atoms with Gasteiger partial charge in [0, 0.05) is 15.1 Å². The quantitative estimate of drug-likeness (QED) is 0.133. The van der Waals surface area contributed by atoms with Crippen LogP contribution < -0.4 is 14.2 Å². The average Bonchev–Trinajstić information content (AvgIpc) is 3.44. The van der Waals surface area contributed by atoms with Crippen LogP contribution in [0.2, 0.25) is 10.0 Å². The Kier molecular flexibility index (Phi) is 7.37. The second kappa shape index (κ2) is 10.9. The molecule has 0 atom stereocenters. The highest BCUT2D eigenvalue weighted by Gasteiger charge is 2.28. The standard InChI is InChI=1S/C28H19Cl2NO6S/c1-3-35-22-13-15(4-11-21(22)36-27(32)16-5-8-18(34-2)9-6-16)12-20-28(33)37-26(31-20)25-24(30)19-10-7-17(29)14-23(19)38-25/h4-14H,3H2,1-2H3/b20-12+. The summed E-state index contributed by atoms with van der Waals surface area (Å²) in [4.78, 5) is 30.1. The maximum absolute atomic E-state index is 12.6. The summed E-state index contributed by atoms with van der Waals surface area (Å²) in [6, 6.07) is 16.8. The number of hydrogen-bond acceptors (Lipinski definition) is 8. The molecule has 1 aromatic heterocycles. The maximum Gasteiger partial charge on any atom is 0.363 e. The topological polar surface area (TPSA) is 83.4 Å². The summed E-state index contributed by atoms with van der Waals surface area (Å²) in [6.07, 6.45) is 1.56. The van der Waals surface area contributed by atoms with E-state index in [4.69, 9.17) is 42.1 Å². The van der Waals surface area contributed by atoms with Crippen LogP contribution in [0.1, 0.15) is 27.7 Å². The Hall–Kier alpha value is -3.85. The maximum atomic E-state index is 12.6. The van der Waals surface area contributed by atoms with E-state index in [1.807, 2.05) is 13.0 Å². The Morgan fingerprint density at radius 1 is 1.05 bits per heavy atom. The third kappa shape index (κ3) is 5.24. The molecule has 0 saturated heterocycles. The summed E-state index contributed by atoms with van der Waals surface area (Å²) in [5, 5.41) is 1.82. The smallest absolute Gasteiger partial charge is 0.363 e. The van der Waals surface area contributed by atoms with Crippen LogP contribution in [0.25, 0.3) is 16.2 Å². The van der Waals surface area contributed by atoms with E-state index in [0.29, 0.717) is 44.2 Å². The molecular weight excluding hydrogens is 549 g/mol. The van der Waals surface area contributed by atoms with E-state index in [9.17, 15) is 9.59 Å². The number of hydrogen-bond donors (Lipinski definition) is 0. The molecule has 1 aliphatic rings. The van der Waals surface area contributed by atoms with Crippen LogP contribution in [0.3, 0.4) is 0 Å². The molecule has 0 saturated carbocycles. The van der Waals surface area contributed by atoms with Crippen molar-refractivity contribution in [1.82, 2.24) is 0 Å². The van der Waals surface area contributed by atoms with Gasteiger partial charge in [-0.1, -0.05) is 35.3 Å². The van der Waals surface area contributed by atoms with Crippen LogP contribution in [0.15, 0.2) is 71.4 Å². The first-order valence-corrected chi connectivity index (χ1v) is 13.0. The second-order valence-corrected chi connectivity index (χ2v) is 9.85. The number of nitrogens with zero attached hydrogens (tertiary/aromatic N) is 1. The van der Waals surface area contributed by atoms with Crippen LogP contribution in [-0.2, 0) is 9.53 Å². The Morgan fingerprint density at radius 3 is 2.58 bits per heavy atom. The van der Waals surface area contributed by atoms with Gasteiger partial charge in [-0.05, 0) is 67.1 Å². The van der Waals surface area contributed by atoms with Crippen LogP contribution in [-0.4, -0.2) is 31.6 Å². The lowest BCUT2D eigenvalue weighted by Crippen LogP contribution is -2.09. The average molecular weight is 568 g/mol. The van der Waals surface area contributed by atoms with Crippen molar-refractivity contribution >= 4 is 68.5 Å². The van der Waals surface area contributed by atoms with E-state index in [1.54, 1.807) is 67.8 Å². The predicted molar refractivity (Wildman–Crippen MR) is 148 cm³/mol. The number of aliphatic imine (C=N–C) groups is 1. The van der Waals surface area contributed by atoms with Gasteiger partial charge in [-0.3, -0.25) is 0 Å². The molecule has 10 heteroatoms. The molecule has 7 nitrogen and oxygen atoms in total. The Bertz CT molecular complexity index is 1620. The fourth-order valence-corrected chi connectivity index (χ4v) is 5.41. The van der Waals surface area contributed by atoms with Gasteiger partial charge in [0.15, 0.2) is 17.2 Å². The number of thiophene rings is 1. The molecule has 38 heavy (non-hydrogen) atoms. The highest BCUT2D eigenvalue weighted by Crippen LogP contribution is 2.39. The van der Waals surface area contributed by atoms with Gasteiger partial charge in [0.25, 0.3) is 0 Å². The molecule has 0 spiro atoms. The third-order valence-corrected chi connectivity index (χ3v) is 7.39. The molecule has 192 valence electrons. The van der Waals surface area contributed by atoms with Gasteiger partial charge in [-0.2, -0.15) is 0 Å². The first-order valence-electron chi connectivity index (χ1n) is 11.4. The lowest BCUT2D eigenvalue weighted by Gasteiger charge is -2.11. The number of cyclic esters (lactones) is 1. The number of benzene rings is 3. The number of halogens is 2. The van der Waals surface area contributed by atoms with Crippen LogP contribution in [0.5, 0.6) is 17.2 Å². The number of rotatable bonds is 7. The van der Waals surface area contributed by atoms with Crippen molar-refractivity contribution in [2.45, 2.75) is 6.92 Å². The number of carbonyl (C=O) groups excluding carboxylic acids is 2. The zero-order valence-electron chi connectivity index (χ0n) is 20.1. The summed E-state index contributed by atoms with van der Waals surface area (Å²) in [7, 11) is 1.55. The lowest BCUT2D eigenvalue weighted by molar-refractivity contribution is -0.129. The van der Waals surface area contributed by atoms with Crippen LogP contribution in [0, 0.1) is 0 Å². The summed E-state index contributed by atoms with van der Waals surface area (Å²) in [6.45, 7) is 2.15. The van der Waals surface area contributed by atoms with Crippen molar-refractivity contribution in [3.8, 4) is 17.2 Å². The Labute approximate surface area is 231 Å². The zero-order chi connectivity index (χ0) is 26.8. The minimum atomic E-state index is -0.612. The minimum absolute atomic E-state index is 0.0944. The first kappa shape index (κ1) is 25.8. The molecule has 1 aliphatic heterocycles. The number of esters is 2. The van der Waals surface area contributed by atoms with Gasteiger partial charge in [-0.15, -0.1) is 11.3 Å². The fraction of sp³-hybridized carbons (Fsp3) is 0.107. The van der Waals surface area contributed by atoms with Gasteiger partial charge in [0.2, 0.25) is 5.90 Å². The molecular formula is C28H19Cl2NO6S. The highest BCUT2D eigenvalue weighted by molar-refractivity contribution is 7.21. The molecule has 0 radical (unpaired) electrons. The van der Waals surface area contributed by atoms with Gasteiger partial charge in [-0.25, -0.2) is 14.6 Å². The van der Waals surface area contributed by atoms with E-state index >= 15 is 0 Å².